The Hall–Kier alpha value is -0.330. The summed E-state index contributed by atoms with van der Waals surface area (Å²) >= 11 is 0. The molecule has 0 rings (SSSR count). The minimum Gasteiger partial charge on any atom is -0.290 e. The molecule has 0 heterocycles. The molecule has 1 unspecified atom stereocenters. The van der Waals surface area contributed by atoms with Crippen LogP contribution in [0, 0.1) is 5.41 Å². The molecular weight excluding hydrogens is 448 g/mol. The van der Waals surface area contributed by atoms with Crippen LogP contribution in [0.4, 0.5) is 0 Å². The van der Waals surface area contributed by atoms with E-state index in [0.717, 1.165) is 12.8 Å². The molecule has 0 aromatic rings. The fourth-order valence-corrected chi connectivity index (χ4v) is 5.82. The zero-order valence-electron chi connectivity index (χ0n) is 26.3. The lowest BCUT2D eigenvalue weighted by molar-refractivity contribution is 0.335. The van der Waals surface area contributed by atoms with Gasteiger partial charge < -0.3 is 0 Å². The zero-order chi connectivity index (χ0) is 27.1. The molecule has 1 heteroatoms. The highest BCUT2D eigenvalue weighted by Gasteiger charge is 2.23. The average Bonchev–Trinajstić information content (AvgIpc) is 2.91. The van der Waals surface area contributed by atoms with Crippen molar-refractivity contribution >= 4 is 6.29 Å². The van der Waals surface area contributed by atoms with Gasteiger partial charge in [-0.1, -0.05) is 207 Å². The summed E-state index contributed by atoms with van der Waals surface area (Å²) in [5.74, 6) is 0. The van der Waals surface area contributed by atoms with E-state index >= 15 is 0 Å². The van der Waals surface area contributed by atoms with Gasteiger partial charge in [0, 0.05) is 5.41 Å². The van der Waals surface area contributed by atoms with Crippen LogP contribution in [-0.2, 0) is 4.79 Å². The van der Waals surface area contributed by atoms with E-state index in [-0.39, 0.29) is 5.41 Å². The first-order valence-electron chi connectivity index (χ1n) is 17.6. The first-order chi connectivity index (χ1) is 18.2. The lowest BCUT2D eigenvalue weighted by Gasteiger charge is -2.22. The minimum atomic E-state index is -0.187. The number of unbranched alkanes of at least 4 members (excludes halogenated alkanes) is 27. The van der Waals surface area contributed by atoms with Gasteiger partial charge in [-0.25, -0.2) is 0 Å². The van der Waals surface area contributed by atoms with Crippen LogP contribution in [0.25, 0.3) is 0 Å². The predicted molar refractivity (Wildman–Crippen MR) is 168 cm³/mol. The van der Waals surface area contributed by atoms with Gasteiger partial charge in [-0.2, -0.15) is 0 Å². The van der Waals surface area contributed by atoms with Crippen LogP contribution in [-0.4, -0.2) is 6.29 Å². The third-order valence-corrected chi connectivity index (χ3v) is 8.66. The number of hydrogen-bond donors (Lipinski definition) is 0. The lowest BCUT2D eigenvalue weighted by atomic mass is 9.81. The number of rotatable bonds is 32. The Bertz CT molecular complexity index is 430. The van der Waals surface area contributed by atoms with Gasteiger partial charge in [-0.15, -0.1) is 0 Å². The van der Waals surface area contributed by atoms with Gasteiger partial charge in [-0.3, -0.25) is 4.79 Å². The van der Waals surface area contributed by atoms with Crippen molar-refractivity contribution in [2.75, 3.05) is 0 Å². The predicted octanol–water partition coefficient (Wildman–Crippen LogP) is 13.2. The second-order valence-corrected chi connectivity index (χ2v) is 12.7. The van der Waals surface area contributed by atoms with Gasteiger partial charge in [0.05, 0.1) is 0 Å². The Balaban J connectivity index is 3.41. The summed E-state index contributed by atoms with van der Waals surface area (Å²) in [6.45, 7) is 6.75. The Morgan fingerprint density at radius 3 is 0.730 bits per heavy atom. The molecule has 0 bridgehead atoms. The van der Waals surface area contributed by atoms with Crippen LogP contribution in [0.5, 0.6) is 0 Å². The molecule has 0 aromatic carbocycles. The highest BCUT2D eigenvalue weighted by molar-refractivity contribution is 5.59. The molecule has 0 aromatic heterocycles. The van der Waals surface area contributed by atoms with E-state index in [1.165, 1.54) is 186 Å². The van der Waals surface area contributed by atoms with Crippen molar-refractivity contribution in [3.63, 3.8) is 0 Å². The van der Waals surface area contributed by atoms with Crippen molar-refractivity contribution in [3.8, 4) is 0 Å². The van der Waals surface area contributed by atoms with Crippen molar-refractivity contribution in [3.05, 3.63) is 0 Å². The highest BCUT2D eigenvalue weighted by Crippen LogP contribution is 2.29. The SMILES string of the molecule is CCCCCCCCCCCCCCCCCC(C)([C]=O)CCCCCCCCCCCCCCCC. The molecule has 0 aliphatic rings. The second kappa shape index (κ2) is 30.2. The van der Waals surface area contributed by atoms with Crippen molar-refractivity contribution in [2.45, 2.75) is 220 Å². The van der Waals surface area contributed by atoms with E-state index in [1.54, 1.807) is 0 Å². The Morgan fingerprint density at radius 2 is 0.541 bits per heavy atom. The summed E-state index contributed by atoms with van der Waals surface area (Å²) in [5.41, 5.74) is -0.187. The molecule has 0 saturated heterocycles. The van der Waals surface area contributed by atoms with E-state index in [0.29, 0.717) is 0 Å². The van der Waals surface area contributed by atoms with Crippen LogP contribution in [0.2, 0.25) is 0 Å². The molecule has 0 aliphatic heterocycles. The van der Waals surface area contributed by atoms with Gasteiger partial charge in [0.25, 0.3) is 0 Å². The van der Waals surface area contributed by atoms with Crippen molar-refractivity contribution in [1.29, 1.82) is 0 Å². The smallest absolute Gasteiger partial charge is 0.204 e. The van der Waals surface area contributed by atoms with Crippen LogP contribution in [0.1, 0.15) is 220 Å². The van der Waals surface area contributed by atoms with E-state index in [9.17, 15) is 4.79 Å². The molecule has 0 aliphatic carbocycles. The summed E-state index contributed by atoms with van der Waals surface area (Å²) in [6.07, 6.45) is 45.0. The normalized spacial score (nSPS) is 13.2. The molecule has 1 nitrogen and oxygen atoms in total. The molecule has 1 atom stereocenters. The molecule has 0 amide bonds. The summed E-state index contributed by atoms with van der Waals surface area (Å²) in [7, 11) is 0. The molecule has 0 spiro atoms. The molecule has 0 N–H and O–H groups in total. The molecular formula is C36H71O. The van der Waals surface area contributed by atoms with Crippen LogP contribution < -0.4 is 0 Å². The second-order valence-electron chi connectivity index (χ2n) is 12.7. The topological polar surface area (TPSA) is 17.1 Å². The van der Waals surface area contributed by atoms with Crippen molar-refractivity contribution in [1.82, 2.24) is 0 Å². The Kier molecular flexibility index (Phi) is 29.9. The lowest BCUT2D eigenvalue weighted by Crippen LogP contribution is -2.18. The maximum atomic E-state index is 11.6. The van der Waals surface area contributed by atoms with Gasteiger partial charge in [-0.05, 0) is 12.8 Å². The summed E-state index contributed by atoms with van der Waals surface area (Å²) in [5, 5.41) is 0. The maximum Gasteiger partial charge on any atom is 0.204 e. The fourth-order valence-electron chi connectivity index (χ4n) is 5.82. The van der Waals surface area contributed by atoms with Crippen LogP contribution >= 0.6 is 0 Å². The molecule has 0 saturated carbocycles. The monoisotopic (exact) mass is 520 g/mol. The van der Waals surface area contributed by atoms with Gasteiger partial charge in [0.15, 0.2) is 0 Å². The fraction of sp³-hybridized carbons (Fsp3) is 0.972. The quantitative estimate of drug-likeness (QED) is 0.0807. The summed E-state index contributed by atoms with van der Waals surface area (Å²) < 4.78 is 0. The first-order valence-corrected chi connectivity index (χ1v) is 17.6. The zero-order valence-corrected chi connectivity index (χ0v) is 26.3. The summed E-state index contributed by atoms with van der Waals surface area (Å²) in [6, 6.07) is 0. The highest BCUT2D eigenvalue weighted by atomic mass is 16.1. The Labute approximate surface area is 236 Å². The van der Waals surface area contributed by atoms with Crippen LogP contribution in [0.15, 0.2) is 0 Å². The number of hydrogen-bond acceptors (Lipinski definition) is 1. The maximum absolute atomic E-state index is 11.6. The summed E-state index contributed by atoms with van der Waals surface area (Å²) in [4.78, 5) is 11.6. The third-order valence-electron chi connectivity index (χ3n) is 8.66. The van der Waals surface area contributed by atoms with E-state index in [2.05, 4.69) is 27.1 Å². The van der Waals surface area contributed by atoms with E-state index in [4.69, 9.17) is 0 Å². The largest absolute Gasteiger partial charge is 0.290 e. The van der Waals surface area contributed by atoms with Crippen molar-refractivity contribution < 1.29 is 4.79 Å². The molecule has 0 fully saturated rings. The minimum absolute atomic E-state index is 0.187. The average molecular weight is 520 g/mol. The van der Waals surface area contributed by atoms with Gasteiger partial charge in [0.1, 0.15) is 0 Å². The van der Waals surface area contributed by atoms with Gasteiger partial charge >= 0.3 is 0 Å². The van der Waals surface area contributed by atoms with Crippen LogP contribution in [0.3, 0.4) is 0 Å². The van der Waals surface area contributed by atoms with E-state index < -0.39 is 0 Å². The third kappa shape index (κ3) is 28.5. The first kappa shape index (κ1) is 36.7. The van der Waals surface area contributed by atoms with E-state index in [1.807, 2.05) is 0 Å². The Morgan fingerprint density at radius 1 is 0.351 bits per heavy atom. The molecule has 37 heavy (non-hydrogen) atoms. The standard InChI is InChI=1S/C36H71O/c1-4-6-8-10-12-14-16-18-20-22-24-26-28-30-32-34-36(3,35-37)33-31-29-27-25-23-21-19-17-15-13-11-9-7-5-2/h4-34H2,1-3H3. The number of carbonyl (C=O) groups excluding carboxylic acids is 1. The molecule has 221 valence electrons. The van der Waals surface area contributed by atoms with Gasteiger partial charge in [0.2, 0.25) is 6.29 Å². The van der Waals surface area contributed by atoms with Crippen molar-refractivity contribution in [2.24, 2.45) is 5.41 Å². The molecule has 1 radical (unpaired) electrons.